The van der Waals surface area contributed by atoms with Crippen molar-refractivity contribution in [3.8, 4) is 0 Å². The minimum atomic E-state index is -4.07. The van der Waals surface area contributed by atoms with Gasteiger partial charge in [0.1, 0.15) is 5.60 Å². The molecule has 0 spiro atoms. The molecule has 1 amide bonds. The Morgan fingerprint density at radius 1 is 0.921 bits per heavy atom. The Labute approximate surface area is 377 Å². The van der Waals surface area contributed by atoms with Gasteiger partial charge in [-0.3, -0.25) is 13.7 Å². The number of benzene rings is 4. The van der Waals surface area contributed by atoms with Crippen molar-refractivity contribution in [3.63, 3.8) is 0 Å². The number of nitrogens with one attached hydrogen (secondary N) is 1. The summed E-state index contributed by atoms with van der Waals surface area (Å²) in [6.07, 6.45) is 12.7. The van der Waals surface area contributed by atoms with Gasteiger partial charge in [0, 0.05) is 48.4 Å². The third kappa shape index (κ3) is 11.5. The smallest absolute Gasteiger partial charge is 0.414 e. The molecule has 1 aliphatic heterocycles. The standard InChI is InChI=1S/C51H65N3O7S2/c1-49(2,3)61-48(55)53(8)47-38(20-17-31-50(4,5)45-40-21-11-9-18-36(40)25-28-42(45)52-32-13-15-34-62(56)57)23-24-39(47)27-30-44-51(6,7)46-41-22-12-10-19-37(41)26-29-43(46)54(44)33-14-16-35-63(58,59)60/h9-12,17-22,25-30,52H,13-16,23-24,31-35H2,1-8H3,(H,56,57)(H,58,59,60)/p-1/b20-17+,39-27+,44-30+. The Kier molecular flexibility index (Phi) is 14.8. The van der Waals surface area contributed by atoms with Crippen LogP contribution in [-0.2, 0) is 36.8 Å². The molecule has 0 saturated heterocycles. The topological polar surface area (TPSA) is 139 Å². The van der Waals surface area contributed by atoms with Gasteiger partial charge in [-0.05, 0) is 133 Å². The van der Waals surface area contributed by atoms with Crippen molar-refractivity contribution in [2.45, 2.75) is 110 Å². The molecule has 0 saturated carbocycles. The van der Waals surface area contributed by atoms with Gasteiger partial charge in [0.2, 0.25) is 0 Å². The Hall–Kier alpha value is -4.75. The van der Waals surface area contributed by atoms with E-state index in [0.717, 1.165) is 63.9 Å². The molecule has 1 atom stereocenters. The van der Waals surface area contributed by atoms with Gasteiger partial charge < -0.3 is 19.5 Å². The summed E-state index contributed by atoms with van der Waals surface area (Å²) in [5.74, 6) is -0.131. The van der Waals surface area contributed by atoms with Crippen LogP contribution in [0.25, 0.3) is 21.5 Å². The fourth-order valence-electron chi connectivity index (χ4n) is 9.21. The number of hydrogen-bond acceptors (Lipinski definition) is 8. The lowest BCUT2D eigenvalue weighted by molar-refractivity contribution is 0.0356. The predicted molar refractivity (Wildman–Crippen MR) is 259 cm³/mol. The molecule has 0 fully saturated rings. The quantitative estimate of drug-likeness (QED) is 0.0602. The van der Waals surface area contributed by atoms with Gasteiger partial charge in [-0.1, -0.05) is 118 Å². The van der Waals surface area contributed by atoms with E-state index in [9.17, 15) is 26.5 Å². The Bertz CT molecular complexity index is 2600. The number of allylic oxidation sites excluding steroid dienone is 7. The van der Waals surface area contributed by atoms with Gasteiger partial charge in [0.15, 0.2) is 0 Å². The third-order valence-corrected chi connectivity index (χ3v) is 13.5. The van der Waals surface area contributed by atoms with E-state index in [1.807, 2.05) is 32.9 Å². The minimum absolute atomic E-state index is 0.155. The summed E-state index contributed by atoms with van der Waals surface area (Å²) in [6, 6.07) is 25.3. The van der Waals surface area contributed by atoms with E-state index in [2.05, 4.69) is 123 Å². The zero-order valence-electron chi connectivity index (χ0n) is 38.1. The number of likely N-dealkylation sites (N-methyl/N-ethyl adjacent to an activating group) is 1. The van der Waals surface area contributed by atoms with Crippen LogP contribution in [0, 0.1) is 0 Å². The lowest BCUT2D eigenvalue weighted by atomic mass is 9.77. The lowest BCUT2D eigenvalue weighted by Gasteiger charge is -2.29. The molecule has 1 heterocycles. The predicted octanol–water partition coefficient (Wildman–Crippen LogP) is 11.5. The number of hydrogen-bond donors (Lipinski definition) is 2. The second-order valence-corrected chi connectivity index (χ2v) is 21.5. The fraction of sp³-hybridized carbons (Fsp3) is 0.431. The number of nitrogens with zero attached hydrogens (tertiary/aromatic N) is 2. The summed E-state index contributed by atoms with van der Waals surface area (Å²) in [5, 5.41) is 8.25. The van der Waals surface area contributed by atoms with E-state index in [4.69, 9.17) is 4.74 Å². The van der Waals surface area contributed by atoms with Gasteiger partial charge in [-0.25, -0.2) is 4.79 Å². The Morgan fingerprint density at radius 2 is 1.59 bits per heavy atom. The lowest BCUT2D eigenvalue weighted by Crippen LogP contribution is -2.34. The van der Waals surface area contributed by atoms with E-state index in [0.29, 0.717) is 38.8 Å². The summed E-state index contributed by atoms with van der Waals surface area (Å²) in [5.41, 5.74) is 7.08. The van der Waals surface area contributed by atoms with E-state index >= 15 is 0 Å². The highest BCUT2D eigenvalue weighted by Crippen LogP contribution is 2.51. The van der Waals surface area contributed by atoms with E-state index in [1.54, 1.807) is 11.9 Å². The van der Waals surface area contributed by atoms with Crippen LogP contribution in [0.4, 0.5) is 16.2 Å². The van der Waals surface area contributed by atoms with Crippen LogP contribution >= 0.6 is 0 Å². The first kappa shape index (κ1) is 47.7. The number of amides is 1. The van der Waals surface area contributed by atoms with E-state index in [1.165, 1.54) is 21.9 Å². The van der Waals surface area contributed by atoms with Gasteiger partial charge in [0.25, 0.3) is 10.1 Å². The monoisotopic (exact) mass is 894 g/mol. The van der Waals surface area contributed by atoms with Crippen LogP contribution in [0.3, 0.4) is 0 Å². The molecular formula is C51H64N3O7S2-. The van der Waals surface area contributed by atoms with Crippen LogP contribution < -0.4 is 10.2 Å². The molecule has 63 heavy (non-hydrogen) atoms. The summed E-state index contributed by atoms with van der Waals surface area (Å²) < 4.78 is 60.7. The zero-order valence-corrected chi connectivity index (χ0v) is 39.8. The molecule has 6 rings (SSSR count). The van der Waals surface area contributed by atoms with Crippen molar-refractivity contribution in [2.75, 3.05) is 41.9 Å². The van der Waals surface area contributed by atoms with Gasteiger partial charge in [-0.15, -0.1) is 0 Å². The zero-order chi connectivity index (χ0) is 45.7. The van der Waals surface area contributed by atoms with Crippen molar-refractivity contribution in [1.82, 2.24) is 4.90 Å². The number of ether oxygens (including phenoxy) is 1. The largest absolute Gasteiger partial charge is 0.772 e. The van der Waals surface area contributed by atoms with Crippen molar-refractivity contribution < 1.29 is 31.3 Å². The highest BCUT2D eigenvalue weighted by molar-refractivity contribution is 7.85. The Balaban J connectivity index is 1.36. The molecule has 338 valence electrons. The molecule has 4 aromatic carbocycles. The molecule has 0 radical (unpaired) electrons. The van der Waals surface area contributed by atoms with E-state index < -0.39 is 38.3 Å². The van der Waals surface area contributed by atoms with Crippen LogP contribution in [-0.4, -0.2) is 70.0 Å². The van der Waals surface area contributed by atoms with Crippen molar-refractivity contribution >= 4 is 60.2 Å². The number of carbonyl (C=O) groups excluding carboxylic acids is 1. The second kappa shape index (κ2) is 19.6. The van der Waals surface area contributed by atoms with Crippen molar-refractivity contribution in [3.05, 3.63) is 131 Å². The van der Waals surface area contributed by atoms with Crippen LogP contribution in [0.1, 0.15) is 105 Å². The molecule has 2 N–H and O–H groups in total. The van der Waals surface area contributed by atoms with Gasteiger partial charge in [-0.2, -0.15) is 8.42 Å². The number of rotatable bonds is 17. The number of unbranched alkanes of at least 4 members (excludes halogenated alkanes) is 2. The fourth-order valence-corrected chi connectivity index (χ4v) is 10.2. The molecule has 2 aliphatic rings. The molecule has 12 heteroatoms. The maximum Gasteiger partial charge on any atom is 0.414 e. The summed E-state index contributed by atoms with van der Waals surface area (Å²) >= 11 is -2.04. The number of anilines is 2. The van der Waals surface area contributed by atoms with Crippen LogP contribution in [0.5, 0.6) is 0 Å². The maximum absolute atomic E-state index is 13.8. The molecular weight excluding hydrogens is 831 g/mol. The molecule has 0 aromatic heterocycles. The van der Waals surface area contributed by atoms with Crippen molar-refractivity contribution in [2.24, 2.45) is 0 Å². The first-order valence-electron chi connectivity index (χ1n) is 22.0. The van der Waals surface area contributed by atoms with Gasteiger partial charge in [0.05, 0.1) is 11.4 Å². The highest BCUT2D eigenvalue weighted by Gasteiger charge is 2.41. The summed E-state index contributed by atoms with van der Waals surface area (Å²) in [6.45, 7) is 15.8. The van der Waals surface area contributed by atoms with Crippen molar-refractivity contribution in [1.29, 1.82) is 0 Å². The molecule has 4 aromatic rings. The molecule has 1 unspecified atom stereocenters. The summed E-state index contributed by atoms with van der Waals surface area (Å²) in [7, 11) is -2.29. The van der Waals surface area contributed by atoms with Crippen LogP contribution in [0.15, 0.2) is 120 Å². The highest BCUT2D eigenvalue weighted by atomic mass is 32.2. The van der Waals surface area contributed by atoms with E-state index in [-0.39, 0.29) is 16.9 Å². The first-order chi connectivity index (χ1) is 29.7. The first-order valence-corrected chi connectivity index (χ1v) is 24.9. The SMILES string of the molecule is CN(C(=O)OC(C)(C)C)C1=C(/C=C/CC(C)(C)c2c(NCCCCS(=O)[O-])ccc3ccccc23)CC/C1=C\C=C1\N(CCCCS(=O)(=O)O)c2ccc3ccccc3c2C1(C)C. The van der Waals surface area contributed by atoms with Crippen LogP contribution in [0.2, 0.25) is 0 Å². The summed E-state index contributed by atoms with van der Waals surface area (Å²) in [4.78, 5) is 17.7. The third-order valence-electron chi connectivity index (χ3n) is 12.1. The minimum Gasteiger partial charge on any atom is -0.772 e. The van der Waals surface area contributed by atoms with Gasteiger partial charge >= 0.3 is 6.09 Å². The average Bonchev–Trinajstić information content (AvgIpc) is 3.70. The molecule has 1 aliphatic carbocycles. The Morgan fingerprint density at radius 3 is 2.27 bits per heavy atom. The maximum atomic E-state index is 13.8. The molecule has 10 nitrogen and oxygen atoms in total. The average molecular weight is 895 g/mol. The second-order valence-electron chi connectivity index (χ2n) is 18.9. The number of fused-ring (bicyclic) bond motifs is 4. The number of carbonyl (C=O) groups is 1. The molecule has 0 bridgehead atoms. The normalized spacial score (nSPS) is 17.4.